The summed E-state index contributed by atoms with van der Waals surface area (Å²) < 4.78 is 5.48. The second-order valence-corrected chi connectivity index (χ2v) is 6.43. The summed E-state index contributed by atoms with van der Waals surface area (Å²) in [6.07, 6.45) is 0.311. The lowest BCUT2D eigenvalue weighted by molar-refractivity contribution is -0.134. The molecule has 3 aromatic rings. The molecule has 0 saturated carbocycles. The van der Waals surface area contributed by atoms with Gasteiger partial charge in [-0.15, -0.1) is 0 Å². The van der Waals surface area contributed by atoms with E-state index in [9.17, 15) is 4.79 Å². The van der Waals surface area contributed by atoms with E-state index in [2.05, 4.69) is 15.3 Å². The molecule has 0 spiro atoms. The van der Waals surface area contributed by atoms with Crippen LogP contribution in [0.5, 0.6) is 5.75 Å². The van der Waals surface area contributed by atoms with Crippen molar-refractivity contribution in [1.82, 2.24) is 15.3 Å². The van der Waals surface area contributed by atoms with E-state index in [1.165, 1.54) is 0 Å². The molecule has 0 atom stereocenters. The smallest absolute Gasteiger partial charge is 0.300 e. The van der Waals surface area contributed by atoms with E-state index in [4.69, 9.17) is 20.4 Å². The van der Waals surface area contributed by atoms with Crippen LogP contribution in [-0.2, 0) is 22.6 Å². The number of imidazole rings is 1. The Hall–Kier alpha value is -3.39. The highest BCUT2D eigenvalue weighted by Crippen LogP contribution is 2.15. The van der Waals surface area contributed by atoms with Gasteiger partial charge in [-0.1, -0.05) is 18.2 Å². The Bertz CT molecular complexity index is 964. The van der Waals surface area contributed by atoms with Crippen molar-refractivity contribution in [3.63, 3.8) is 0 Å². The SMILES string of the molecule is CC(=O)O.Cc1nc2ccc(CNC(=O)Cc3cccc(OCCN)c3)cc2[nH]1. The van der Waals surface area contributed by atoms with E-state index < -0.39 is 5.97 Å². The summed E-state index contributed by atoms with van der Waals surface area (Å²) in [6.45, 7) is 4.42. The van der Waals surface area contributed by atoms with Gasteiger partial charge in [0.15, 0.2) is 0 Å². The minimum absolute atomic E-state index is 0.0307. The molecule has 0 unspecified atom stereocenters. The zero-order valence-electron chi connectivity index (χ0n) is 16.6. The largest absolute Gasteiger partial charge is 0.492 e. The number of H-pyrrole nitrogens is 1. The van der Waals surface area contributed by atoms with Crippen molar-refractivity contribution in [2.75, 3.05) is 13.2 Å². The number of hydrogen-bond acceptors (Lipinski definition) is 5. The van der Waals surface area contributed by atoms with Crippen LogP contribution in [0.1, 0.15) is 23.9 Å². The summed E-state index contributed by atoms with van der Waals surface area (Å²) in [7, 11) is 0. The molecule has 8 heteroatoms. The van der Waals surface area contributed by atoms with Crippen LogP contribution in [0.4, 0.5) is 0 Å². The number of carbonyl (C=O) groups is 2. The van der Waals surface area contributed by atoms with Crippen LogP contribution in [0.25, 0.3) is 11.0 Å². The Morgan fingerprint density at radius 2 is 1.97 bits per heavy atom. The lowest BCUT2D eigenvalue weighted by Gasteiger charge is -2.08. The van der Waals surface area contributed by atoms with Crippen molar-refractivity contribution >= 4 is 22.9 Å². The third-order valence-electron chi connectivity index (χ3n) is 3.80. The monoisotopic (exact) mass is 398 g/mol. The third kappa shape index (κ3) is 7.63. The number of carboxylic acids is 1. The van der Waals surface area contributed by atoms with Gasteiger partial charge in [-0.25, -0.2) is 4.98 Å². The van der Waals surface area contributed by atoms with Gasteiger partial charge in [-0.2, -0.15) is 0 Å². The van der Waals surface area contributed by atoms with Crippen LogP contribution in [-0.4, -0.2) is 40.1 Å². The second-order valence-electron chi connectivity index (χ2n) is 6.43. The molecule has 0 aliphatic heterocycles. The Kier molecular flexibility index (Phi) is 8.17. The Morgan fingerprint density at radius 3 is 2.69 bits per heavy atom. The van der Waals surface area contributed by atoms with Crippen molar-refractivity contribution in [3.05, 3.63) is 59.4 Å². The predicted octanol–water partition coefficient (Wildman–Crippen LogP) is 2.16. The maximum Gasteiger partial charge on any atom is 0.300 e. The van der Waals surface area contributed by atoms with Crippen LogP contribution in [0.3, 0.4) is 0 Å². The molecule has 0 aliphatic carbocycles. The first-order valence-corrected chi connectivity index (χ1v) is 9.20. The Balaban J connectivity index is 0.000000687. The number of aromatic amines is 1. The zero-order chi connectivity index (χ0) is 21.2. The van der Waals surface area contributed by atoms with Crippen molar-refractivity contribution in [2.45, 2.75) is 26.8 Å². The lowest BCUT2D eigenvalue weighted by Crippen LogP contribution is -2.24. The van der Waals surface area contributed by atoms with Crippen molar-refractivity contribution in [2.24, 2.45) is 5.73 Å². The van der Waals surface area contributed by atoms with Crippen LogP contribution in [0.2, 0.25) is 0 Å². The fourth-order valence-corrected chi connectivity index (χ4v) is 2.66. The van der Waals surface area contributed by atoms with Crippen LogP contribution >= 0.6 is 0 Å². The maximum absolute atomic E-state index is 12.2. The molecule has 154 valence electrons. The molecule has 2 aromatic carbocycles. The molecule has 3 rings (SSSR count). The molecule has 5 N–H and O–H groups in total. The molecular formula is C21H26N4O4. The number of hydrogen-bond donors (Lipinski definition) is 4. The average Bonchev–Trinajstić information content (AvgIpc) is 3.04. The van der Waals surface area contributed by atoms with Crippen LogP contribution in [0.15, 0.2) is 42.5 Å². The fraction of sp³-hybridized carbons (Fsp3) is 0.286. The molecular weight excluding hydrogens is 372 g/mol. The lowest BCUT2D eigenvalue weighted by atomic mass is 10.1. The van der Waals surface area contributed by atoms with E-state index in [1.807, 2.05) is 49.4 Å². The highest BCUT2D eigenvalue weighted by molar-refractivity contribution is 5.79. The van der Waals surface area contributed by atoms with Crippen LogP contribution in [0, 0.1) is 6.92 Å². The number of carbonyl (C=O) groups excluding carboxylic acids is 1. The number of aliphatic carboxylic acids is 1. The molecule has 0 radical (unpaired) electrons. The summed E-state index contributed by atoms with van der Waals surface area (Å²) >= 11 is 0. The van der Waals surface area contributed by atoms with Crippen LogP contribution < -0.4 is 15.8 Å². The van der Waals surface area contributed by atoms with Gasteiger partial charge in [-0.3, -0.25) is 9.59 Å². The number of aryl methyl sites for hydroxylation is 1. The molecule has 1 heterocycles. The van der Waals surface area contributed by atoms with Gasteiger partial charge >= 0.3 is 0 Å². The number of aromatic nitrogens is 2. The van der Waals surface area contributed by atoms with Crippen molar-refractivity contribution in [3.8, 4) is 5.75 Å². The molecule has 1 amide bonds. The van der Waals surface area contributed by atoms with Gasteiger partial charge < -0.3 is 25.9 Å². The third-order valence-corrected chi connectivity index (χ3v) is 3.80. The second kappa shape index (κ2) is 10.8. The molecule has 0 aliphatic rings. The number of amides is 1. The highest BCUT2D eigenvalue weighted by atomic mass is 16.5. The number of ether oxygens (including phenoxy) is 1. The Morgan fingerprint density at radius 1 is 1.21 bits per heavy atom. The summed E-state index contributed by atoms with van der Waals surface area (Å²) in [5.41, 5.74) is 9.28. The molecule has 8 nitrogen and oxygen atoms in total. The summed E-state index contributed by atoms with van der Waals surface area (Å²) in [6, 6.07) is 13.5. The maximum atomic E-state index is 12.2. The first-order chi connectivity index (χ1) is 13.9. The van der Waals surface area contributed by atoms with Crippen molar-refractivity contribution in [1.29, 1.82) is 0 Å². The molecule has 0 saturated heterocycles. The van der Waals surface area contributed by atoms with Gasteiger partial charge in [-0.05, 0) is 42.3 Å². The summed E-state index contributed by atoms with van der Waals surface area (Å²) in [5, 5.41) is 10.4. The van der Waals surface area contributed by atoms with E-state index in [0.29, 0.717) is 26.1 Å². The fourth-order valence-electron chi connectivity index (χ4n) is 2.66. The Labute approximate surface area is 169 Å². The van der Waals surface area contributed by atoms with Gasteiger partial charge in [0.25, 0.3) is 5.97 Å². The number of benzene rings is 2. The average molecular weight is 398 g/mol. The van der Waals surface area contributed by atoms with Gasteiger partial charge in [0.2, 0.25) is 5.91 Å². The molecule has 29 heavy (non-hydrogen) atoms. The minimum atomic E-state index is -0.833. The number of nitrogens with two attached hydrogens (primary N) is 1. The number of rotatable bonds is 7. The molecule has 1 aromatic heterocycles. The number of fused-ring (bicyclic) bond motifs is 1. The normalized spacial score (nSPS) is 10.2. The van der Waals surface area contributed by atoms with Gasteiger partial charge in [0, 0.05) is 20.0 Å². The number of carboxylic acid groups (broad SMARTS) is 1. The van der Waals surface area contributed by atoms with E-state index >= 15 is 0 Å². The van der Waals surface area contributed by atoms with Gasteiger partial charge in [0.1, 0.15) is 18.2 Å². The van der Waals surface area contributed by atoms with E-state index in [1.54, 1.807) is 0 Å². The number of nitrogens with zero attached hydrogens (tertiary/aromatic N) is 1. The molecule has 0 fully saturated rings. The quantitative estimate of drug-likeness (QED) is 0.482. The van der Waals surface area contributed by atoms with E-state index in [-0.39, 0.29) is 5.91 Å². The number of nitrogens with one attached hydrogen (secondary N) is 2. The van der Waals surface area contributed by atoms with E-state index in [0.717, 1.165) is 40.7 Å². The van der Waals surface area contributed by atoms with Gasteiger partial charge in [0.05, 0.1) is 17.5 Å². The topological polar surface area (TPSA) is 130 Å². The zero-order valence-corrected chi connectivity index (χ0v) is 16.6. The standard InChI is InChI=1S/C19H22N4O2.C2H4O2/c1-13-22-17-6-5-15(10-18(17)23-13)12-21-19(24)11-14-3-2-4-16(9-14)25-8-7-20;1-2(3)4/h2-6,9-10H,7-8,11-12,20H2,1H3,(H,21,24)(H,22,23);1H3,(H,3,4). The minimum Gasteiger partial charge on any atom is -0.492 e. The first kappa shape index (κ1) is 21.9. The summed E-state index contributed by atoms with van der Waals surface area (Å²) in [4.78, 5) is 28.8. The van der Waals surface area contributed by atoms with Crippen molar-refractivity contribution < 1.29 is 19.4 Å². The predicted molar refractivity (Wildman–Crippen MR) is 111 cm³/mol. The first-order valence-electron chi connectivity index (χ1n) is 9.20. The highest BCUT2D eigenvalue weighted by Gasteiger charge is 2.06. The molecule has 0 bridgehead atoms. The summed E-state index contributed by atoms with van der Waals surface area (Å²) in [5.74, 6) is 0.751.